The lowest BCUT2D eigenvalue weighted by atomic mass is 9.84. The molecule has 0 saturated heterocycles. The summed E-state index contributed by atoms with van der Waals surface area (Å²) in [5.41, 5.74) is 0.0752. The van der Waals surface area contributed by atoms with E-state index in [2.05, 4.69) is 26.6 Å². The third kappa shape index (κ3) is 5.13. The van der Waals surface area contributed by atoms with Gasteiger partial charge >= 0.3 is 11.3 Å². The minimum atomic E-state index is -1.23. The average molecular weight is 641 g/mol. The second-order valence-electron chi connectivity index (χ2n) is 9.44. The van der Waals surface area contributed by atoms with Crippen LogP contribution in [0.2, 0.25) is 0 Å². The normalized spacial score (nSPS) is 11.2. The zero-order chi connectivity index (χ0) is 29.4. The molecule has 0 aliphatic heterocycles. The minimum Gasteiger partial charge on any atom is -0.507 e. The summed E-state index contributed by atoms with van der Waals surface area (Å²) in [5.74, 6) is -1.95. The van der Waals surface area contributed by atoms with Crippen LogP contribution in [0, 0.1) is 0 Å². The standard InChI is InChI=1S/C32H21BrN2O6S/c33-18-11-15-20(16-12-18)35-32(42)34-19-13-9-17(10-14-19)25(26-28(36)21-5-1-3-7-23(21)40-30(26)38)27-29(37)22-6-2-4-8-24(22)41-31(27)39/h1-16,25,36-37H,(H2,34,35,42). The van der Waals surface area contributed by atoms with Crippen LogP contribution in [0.4, 0.5) is 11.4 Å². The van der Waals surface area contributed by atoms with Crippen molar-refractivity contribution in [2.75, 3.05) is 10.6 Å². The Bertz CT molecular complexity index is 1990. The Morgan fingerprint density at radius 3 is 1.57 bits per heavy atom. The number of anilines is 2. The van der Waals surface area contributed by atoms with Gasteiger partial charge in [-0.25, -0.2) is 9.59 Å². The second-order valence-corrected chi connectivity index (χ2v) is 10.8. The van der Waals surface area contributed by atoms with Gasteiger partial charge in [0, 0.05) is 15.8 Å². The second kappa shape index (κ2) is 11.2. The van der Waals surface area contributed by atoms with Crippen molar-refractivity contribution < 1.29 is 19.0 Å². The highest BCUT2D eigenvalue weighted by Gasteiger charge is 2.32. The Kier molecular flexibility index (Phi) is 7.24. The van der Waals surface area contributed by atoms with Gasteiger partial charge in [0.1, 0.15) is 22.7 Å². The van der Waals surface area contributed by atoms with Crippen molar-refractivity contribution in [1.82, 2.24) is 0 Å². The van der Waals surface area contributed by atoms with Crippen molar-refractivity contribution in [1.29, 1.82) is 0 Å². The van der Waals surface area contributed by atoms with E-state index in [0.29, 0.717) is 16.4 Å². The van der Waals surface area contributed by atoms with Crippen LogP contribution in [-0.4, -0.2) is 15.3 Å². The number of fused-ring (bicyclic) bond motifs is 2. The Morgan fingerprint density at radius 1 is 0.667 bits per heavy atom. The first-order valence-corrected chi connectivity index (χ1v) is 13.9. The molecule has 8 nitrogen and oxygen atoms in total. The quantitative estimate of drug-likeness (QED) is 0.116. The van der Waals surface area contributed by atoms with Crippen LogP contribution >= 0.6 is 28.1 Å². The molecule has 0 amide bonds. The topological polar surface area (TPSA) is 125 Å². The molecule has 0 spiro atoms. The summed E-state index contributed by atoms with van der Waals surface area (Å²) in [6.45, 7) is 0. The summed E-state index contributed by atoms with van der Waals surface area (Å²) < 4.78 is 12.0. The van der Waals surface area contributed by atoms with E-state index in [0.717, 1.165) is 10.2 Å². The molecular formula is C32H21BrN2O6S. The molecule has 0 atom stereocenters. The highest BCUT2D eigenvalue weighted by molar-refractivity contribution is 9.10. The molecule has 10 heteroatoms. The van der Waals surface area contributed by atoms with E-state index in [1.54, 1.807) is 72.8 Å². The molecule has 208 valence electrons. The smallest absolute Gasteiger partial charge is 0.344 e. The Hall–Kier alpha value is -4.93. The summed E-state index contributed by atoms with van der Waals surface area (Å²) in [6.07, 6.45) is 0. The number of rotatable bonds is 5. The summed E-state index contributed by atoms with van der Waals surface area (Å²) in [5, 5.41) is 29.8. The van der Waals surface area contributed by atoms with Crippen LogP contribution in [0.3, 0.4) is 0 Å². The van der Waals surface area contributed by atoms with Crippen molar-refractivity contribution in [3.05, 3.63) is 139 Å². The van der Waals surface area contributed by atoms with Gasteiger partial charge in [0.15, 0.2) is 5.11 Å². The lowest BCUT2D eigenvalue weighted by Crippen LogP contribution is -2.21. The monoisotopic (exact) mass is 640 g/mol. The van der Waals surface area contributed by atoms with Crippen molar-refractivity contribution in [3.8, 4) is 11.5 Å². The van der Waals surface area contributed by atoms with Crippen molar-refractivity contribution in [2.45, 2.75) is 5.92 Å². The molecule has 6 aromatic rings. The zero-order valence-electron chi connectivity index (χ0n) is 21.6. The molecule has 2 heterocycles. The molecule has 0 saturated carbocycles. The Labute approximate surface area is 252 Å². The van der Waals surface area contributed by atoms with Gasteiger partial charge in [-0.3, -0.25) is 0 Å². The van der Waals surface area contributed by atoms with Crippen LogP contribution < -0.4 is 21.9 Å². The number of para-hydroxylation sites is 2. The van der Waals surface area contributed by atoms with E-state index in [-0.39, 0.29) is 44.6 Å². The number of nitrogens with one attached hydrogen (secondary N) is 2. The Morgan fingerprint density at radius 2 is 1.10 bits per heavy atom. The van der Waals surface area contributed by atoms with E-state index in [4.69, 9.17) is 21.1 Å². The number of benzene rings is 4. The average Bonchev–Trinajstić information content (AvgIpc) is 2.98. The lowest BCUT2D eigenvalue weighted by Gasteiger charge is -2.20. The summed E-state index contributed by atoms with van der Waals surface area (Å²) in [4.78, 5) is 26.7. The predicted molar refractivity (Wildman–Crippen MR) is 170 cm³/mol. The third-order valence-electron chi connectivity index (χ3n) is 6.82. The minimum absolute atomic E-state index is 0.184. The fourth-order valence-corrected chi connectivity index (χ4v) is 5.37. The number of hydrogen-bond acceptors (Lipinski definition) is 7. The van der Waals surface area contributed by atoms with E-state index >= 15 is 0 Å². The summed E-state index contributed by atoms with van der Waals surface area (Å²) >= 11 is 8.84. The van der Waals surface area contributed by atoms with Gasteiger partial charge in [0.2, 0.25) is 0 Å². The van der Waals surface area contributed by atoms with E-state index in [1.165, 1.54) is 0 Å². The van der Waals surface area contributed by atoms with Gasteiger partial charge in [0.05, 0.1) is 27.8 Å². The van der Waals surface area contributed by atoms with Crippen LogP contribution in [-0.2, 0) is 0 Å². The van der Waals surface area contributed by atoms with Crippen LogP contribution in [0.15, 0.2) is 120 Å². The van der Waals surface area contributed by atoms with E-state index < -0.39 is 17.2 Å². The van der Waals surface area contributed by atoms with Gasteiger partial charge in [-0.1, -0.05) is 52.3 Å². The van der Waals surface area contributed by atoms with Gasteiger partial charge in [-0.05, 0) is 78.4 Å². The molecule has 0 bridgehead atoms. The highest BCUT2D eigenvalue weighted by atomic mass is 79.9. The number of aromatic hydroxyl groups is 2. The van der Waals surface area contributed by atoms with Gasteiger partial charge in [-0.15, -0.1) is 0 Å². The van der Waals surface area contributed by atoms with Gasteiger partial charge in [0.25, 0.3) is 0 Å². The fourth-order valence-electron chi connectivity index (χ4n) is 4.87. The SMILES string of the molecule is O=c1oc2ccccc2c(O)c1C(c1ccc(NC(=S)Nc2ccc(Br)cc2)cc1)c1c(O)c2ccccc2oc1=O. The molecule has 2 aromatic heterocycles. The first-order chi connectivity index (χ1) is 20.3. The van der Waals surface area contributed by atoms with E-state index in [1.807, 2.05) is 24.3 Å². The molecular weight excluding hydrogens is 620 g/mol. The molecule has 0 aliphatic carbocycles. The maximum Gasteiger partial charge on any atom is 0.344 e. The highest BCUT2D eigenvalue weighted by Crippen LogP contribution is 2.42. The largest absolute Gasteiger partial charge is 0.507 e. The molecule has 4 N–H and O–H groups in total. The van der Waals surface area contributed by atoms with Crippen molar-refractivity contribution >= 4 is 66.6 Å². The number of thiocarbonyl (C=S) groups is 1. The molecule has 0 fully saturated rings. The maximum atomic E-state index is 13.4. The number of hydrogen-bond donors (Lipinski definition) is 4. The van der Waals surface area contributed by atoms with Crippen LogP contribution in [0.1, 0.15) is 22.6 Å². The van der Waals surface area contributed by atoms with Gasteiger partial charge < -0.3 is 29.7 Å². The third-order valence-corrected chi connectivity index (χ3v) is 7.55. The zero-order valence-corrected chi connectivity index (χ0v) is 24.0. The van der Waals surface area contributed by atoms with Gasteiger partial charge in [-0.2, -0.15) is 0 Å². The first kappa shape index (κ1) is 27.3. The predicted octanol–water partition coefficient (Wildman–Crippen LogP) is 7.06. The summed E-state index contributed by atoms with van der Waals surface area (Å²) in [6, 6.07) is 27.3. The lowest BCUT2D eigenvalue weighted by molar-refractivity contribution is 0.441. The van der Waals surface area contributed by atoms with Crippen LogP contribution in [0.25, 0.3) is 21.9 Å². The van der Waals surface area contributed by atoms with Crippen molar-refractivity contribution in [3.63, 3.8) is 0 Å². The fraction of sp³-hybridized carbons (Fsp3) is 0.0312. The van der Waals surface area contributed by atoms with Crippen molar-refractivity contribution in [2.24, 2.45) is 0 Å². The first-order valence-electron chi connectivity index (χ1n) is 12.7. The maximum absolute atomic E-state index is 13.4. The molecule has 0 unspecified atom stereocenters. The molecule has 0 aliphatic rings. The van der Waals surface area contributed by atoms with E-state index in [9.17, 15) is 19.8 Å². The molecule has 6 rings (SSSR count). The Balaban J connectivity index is 1.46. The summed E-state index contributed by atoms with van der Waals surface area (Å²) in [7, 11) is 0. The molecule has 4 aromatic carbocycles. The molecule has 42 heavy (non-hydrogen) atoms. The van der Waals surface area contributed by atoms with Crippen LogP contribution in [0.5, 0.6) is 11.5 Å². The number of halogens is 1. The molecule has 0 radical (unpaired) electrons.